The third-order valence-corrected chi connectivity index (χ3v) is 6.53. The van der Waals surface area contributed by atoms with E-state index in [-0.39, 0.29) is 12.6 Å². The molecule has 1 aliphatic heterocycles. The highest BCUT2D eigenvalue weighted by atomic mass is 35.5. The third kappa shape index (κ3) is 3.73. The quantitative estimate of drug-likeness (QED) is 0.501. The van der Waals surface area contributed by atoms with Crippen LogP contribution in [0.1, 0.15) is 35.3 Å². The molecule has 0 radical (unpaired) electrons. The Labute approximate surface area is 154 Å². The Hall–Kier alpha value is -0.000000000000000222. The van der Waals surface area contributed by atoms with E-state index in [9.17, 15) is 4.79 Å². The van der Waals surface area contributed by atoms with E-state index >= 15 is 0 Å². The molecule has 0 N–H and O–H groups in total. The molecule has 0 fully saturated rings. The van der Waals surface area contributed by atoms with Gasteiger partial charge >= 0.3 is 0 Å². The van der Waals surface area contributed by atoms with Crippen LogP contribution in [0.5, 0.6) is 5.75 Å². The summed E-state index contributed by atoms with van der Waals surface area (Å²) < 4.78 is 5.45. The summed E-state index contributed by atoms with van der Waals surface area (Å²) in [4.78, 5) is 11.6. The van der Waals surface area contributed by atoms with Crippen LogP contribution in [0.2, 0.25) is 0 Å². The molecule has 122 valence electrons. The second-order valence-electron chi connectivity index (χ2n) is 4.74. The van der Waals surface area contributed by atoms with E-state index in [4.69, 9.17) is 51.1 Å². The highest BCUT2D eigenvalue weighted by molar-refractivity contribution is 8.01. The van der Waals surface area contributed by atoms with Crippen molar-refractivity contribution in [2.75, 3.05) is 6.73 Å². The van der Waals surface area contributed by atoms with Crippen molar-refractivity contribution in [3.63, 3.8) is 0 Å². The fourth-order valence-corrected chi connectivity index (χ4v) is 3.59. The molecular formula is C14H15Cl4NO2S. The van der Waals surface area contributed by atoms with E-state index in [0.717, 1.165) is 30.4 Å². The van der Waals surface area contributed by atoms with Crippen molar-refractivity contribution in [1.82, 2.24) is 4.31 Å². The Morgan fingerprint density at radius 1 is 1.27 bits per heavy atom. The van der Waals surface area contributed by atoms with Gasteiger partial charge in [-0.25, -0.2) is 4.31 Å². The van der Waals surface area contributed by atoms with Crippen LogP contribution < -0.4 is 4.74 Å². The molecule has 1 aromatic carbocycles. The Kier molecular flexibility index (Phi) is 6.06. The number of hydrogen-bond donors (Lipinski definition) is 0. The first-order valence-electron chi connectivity index (χ1n) is 6.75. The molecule has 2 rings (SSSR count). The van der Waals surface area contributed by atoms with Crippen LogP contribution in [0.3, 0.4) is 0 Å². The topological polar surface area (TPSA) is 29.5 Å². The summed E-state index contributed by atoms with van der Waals surface area (Å²) in [5.74, 6) is 0.363. The molecule has 1 heterocycles. The number of ether oxygens (including phenoxy) is 1. The molecule has 3 nitrogen and oxygen atoms in total. The fraction of sp³-hybridized carbons (Fsp3) is 0.500. The molecule has 0 saturated carbocycles. The Bertz CT molecular complexity index is 580. The van der Waals surface area contributed by atoms with Gasteiger partial charge in [-0.15, -0.1) is 23.2 Å². The van der Waals surface area contributed by atoms with Crippen LogP contribution >= 0.6 is 58.4 Å². The molecule has 0 spiro atoms. The number of nitrogens with zero attached hydrogens (tertiary/aromatic N) is 1. The normalized spacial score (nSPS) is 15.0. The predicted octanol–water partition coefficient (Wildman–Crippen LogP) is 5.19. The first-order chi connectivity index (χ1) is 10.3. The van der Waals surface area contributed by atoms with Gasteiger partial charge in [0.05, 0.1) is 5.56 Å². The molecular weight excluding hydrogens is 388 g/mol. The van der Waals surface area contributed by atoms with Crippen LogP contribution in [0, 0.1) is 0 Å². The average molecular weight is 403 g/mol. The Morgan fingerprint density at radius 3 is 2.41 bits per heavy atom. The minimum absolute atomic E-state index is 0.0345. The zero-order chi connectivity index (χ0) is 16.5. The van der Waals surface area contributed by atoms with Crippen molar-refractivity contribution < 1.29 is 9.53 Å². The predicted molar refractivity (Wildman–Crippen MR) is 94.4 cm³/mol. The lowest BCUT2D eigenvalue weighted by atomic mass is 9.98. The van der Waals surface area contributed by atoms with Crippen LogP contribution in [0.25, 0.3) is 0 Å². The van der Waals surface area contributed by atoms with Crippen LogP contribution in [-0.4, -0.2) is 25.4 Å². The summed E-state index contributed by atoms with van der Waals surface area (Å²) in [6, 6.07) is 3.79. The van der Waals surface area contributed by atoms with Gasteiger partial charge in [0.25, 0.3) is 5.91 Å². The molecule has 1 aromatic rings. The number of carbonyl (C=O) groups excluding carboxylic acids is 1. The van der Waals surface area contributed by atoms with Crippen molar-refractivity contribution in [2.24, 2.45) is 0 Å². The number of aryl methyl sites for hydroxylation is 2. The number of benzene rings is 1. The Balaban J connectivity index is 2.30. The largest absolute Gasteiger partial charge is 0.471 e. The van der Waals surface area contributed by atoms with Gasteiger partial charge in [-0.05, 0) is 48.0 Å². The third-order valence-electron chi connectivity index (χ3n) is 3.34. The SMILES string of the molecule is CCc1cc2c(cc1CC)C(=O)N(SC(Cl)(Cl)C(Cl)Cl)CO2. The molecule has 0 bridgehead atoms. The number of hydrogen-bond acceptors (Lipinski definition) is 3. The fourth-order valence-electron chi connectivity index (χ4n) is 2.19. The van der Waals surface area contributed by atoms with Gasteiger partial charge in [0.2, 0.25) is 3.67 Å². The van der Waals surface area contributed by atoms with Gasteiger partial charge in [0, 0.05) is 0 Å². The summed E-state index contributed by atoms with van der Waals surface area (Å²) in [7, 11) is 0. The van der Waals surface area contributed by atoms with Crippen molar-refractivity contribution in [1.29, 1.82) is 0 Å². The minimum atomic E-state index is -1.53. The van der Waals surface area contributed by atoms with Crippen molar-refractivity contribution in [3.8, 4) is 5.75 Å². The lowest BCUT2D eigenvalue weighted by molar-refractivity contribution is 0.0738. The summed E-state index contributed by atoms with van der Waals surface area (Å²) in [6.45, 7) is 4.16. The number of halogens is 4. The summed E-state index contributed by atoms with van der Waals surface area (Å²) in [5, 5.41) is 0. The first-order valence-corrected chi connectivity index (χ1v) is 9.15. The summed E-state index contributed by atoms with van der Waals surface area (Å²) in [5.41, 5.74) is 2.80. The second kappa shape index (κ2) is 7.27. The average Bonchev–Trinajstić information content (AvgIpc) is 2.48. The molecule has 1 amide bonds. The smallest absolute Gasteiger partial charge is 0.270 e. The van der Waals surface area contributed by atoms with Gasteiger partial charge in [-0.3, -0.25) is 4.79 Å². The molecule has 1 aliphatic rings. The van der Waals surface area contributed by atoms with Gasteiger partial charge < -0.3 is 4.74 Å². The van der Waals surface area contributed by atoms with Crippen LogP contribution in [0.4, 0.5) is 0 Å². The molecule has 0 aromatic heterocycles. The molecule has 0 atom stereocenters. The number of alkyl halides is 4. The van der Waals surface area contributed by atoms with Gasteiger partial charge in [0.15, 0.2) is 11.6 Å². The second-order valence-corrected chi connectivity index (χ2v) is 8.93. The zero-order valence-electron chi connectivity index (χ0n) is 12.0. The van der Waals surface area contributed by atoms with E-state index in [0.29, 0.717) is 11.3 Å². The van der Waals surface area contributed by atoms with Crippen LogP contribution in [-0.2, 0) is 12.8 Å². The highest BCUT2D eigenvalue weighted by Gasteiger charge is 2.39. The standard InChI is InChI=1S/C14H15Cl4NO2S/c1-3-8-5-10-11(6-9(8)4-2)21-7-19(12(10)20)22-14(17,18)13(15)16/h5-6,13H,3-4,7H2,1-2H3. The van der Waals surface area contributed by atoms with E-state index in [1.54, 1.807) is 0 Å². The van der Waals surface area contributed by atoms with Gasteiger partial charge in [-0.2, -0.15) is 0 Å². The molecule has 0 unspecified atom stereocenters. The summed E-state index contributed by atoms with van der Waals surface area (Å²) in [6.07, 6.45) is 1.73. The van der Waals surface area contributed by atoms with E-state index in [1.807, 2.05) is 12.1 Å². The van der Waals surface area contributed by atoms with Crippen molar-refractivity contribution >= 4 is 64.3 Å². The number of amides is 1. The first kappa shape index (κ1) is 18.3. The monoisotopic (exact) mass is 401 g/mol. The summed E-state index contributed by atoms with van der Waals surface area (Å²) >= 11 is 24.3. The van der Waals surface area contributed by atoms with E-state index < -0.39 is 8.50 Å². The van der Waals surface area contributed by atoms with Crippen molar-refractivity contribution in [2.45, 2.75) is 35.2 Å². The minimum Gasteiger partial charge on any atom is -0.471 e. The van der Waals surface area contributed by atoms with E-state index in [1.165, 1.54) is 9.87 Å². The van der Waals surface area contributed by atoms with Crippen LogP contribution in [0.15, 0.2) is 12.1 Å². The zero-order valence-corrected chi connectivity index (χ0v) is 15.9. The maximum Gasteiger partial charge on any atom is 0.270 e. The molecule has 22 heavy (non-hydrogen) atoms. The number of fused-ring (bicyclic) bond motifs is 1. The van der Waals surface area contributed by atoms with Gasteiger partial charge in [0.1, 0.15) is 5.75 Å². The molecule has 0 saturated heterocycles. The van der Waals surface area contributed by atoms with Crippen molar-refractivity contribution in [3.05, 3.63) is 28.8 Å². The van der Waals surface area contributed by atoms with E-state index in [2.05, 4.69) is 13.8 Å². The van der Waals surface area contributed by atoms with Gasteiger partial charge in [-0.1, -0.05) is 37.0 Å². The molecule has 0 aliphatic carbocycles. The maximum absolute atomic E-state index is 12.6. The lowest BCUT2D eigenvalue weighted by Crippen LogP contribution is -2.37. The molecule has 8 heteroatoms. The highest BCUT2D eigenvalue weighted by Crippen LogP contribution is 2.46. The lowest BCUT2D eigenvalue weighted by Gasteiger charge is -2.32. The number of rotatable bonds is 5. The number of carbonyl (C=O) groups is 1. The Morgan fingerprint density at radius 2 is 1.86 bits per heavy atom. The maximum atomic E-state index is 12.6.